The van der Waals surface area contributed by atoms with Gasteiger partial charge in [-0.15, -0.1) is 0 Å². The van der Waals surface area contributed by atoms with Crippen molar-refractivity contribution in [3.8, 4) is 0 Å². The molecule has 4 N–H and O–H groups in total. The molecule has 1 heterocycles. The van der Waals surface area contributed by atoms with Crippen molar-refractivity contribution in [2.75, 3.05) is 32.0 Å². The summed E-state index contributed by atoms with van der Waals surface area (Å²) in [5.74, 6) is -1.37. The number of carbonyl (C=O) groups is 1. The minimum atomic E-state index is -3.99. The van der Waals surface area contributed by atoms with Crippen molar-refractivity contribution < 1.29 is 28.2 Å². The number of ether oxygens (including phenoxy) is 1. The molecule has 1 aliphatic heterocycles. The van der Waals surface area contributed by atoms with Crippen molar-refractivity contribution in [3.05, 3.63) is 23.8 Å². The van der Waals surface area contributed by atoms with Gasteiger partial charge in [-0.2, -0.15) is 4.31 Å². The molecule has 116 valence electrons. The van der Waals surface area contributed by atoms with Gasteiger partial charge in [0.2, 0.25) is 10.0 Å². The number of sulfonamides is 1. The van der Waals surface area contributed by atoms with Crippen molar-refractivity contribution in [2.45, 2.75) is 11.0 Å². The maximum atomic E-state index is 12.6. The van der Waals surface area contributed by atoms with Gasteiger partial charge in [-0.3, -0.25) is 0 Å². The highest BCUT2D eigenvalue weighted by Gasteiger charge is 2.33. The number of hydrogen-bond donors (Lipinski definition) is 3. The van der Waals surface area contributed by atoms with Crippen LogP contribution in [-0.4, -0.2) is 61.3 Å². The fourth-order valence-corrected chi connectivity index (χ4v) is 3.72. The second-order valence-corrected chi connectivity index (χ2v) is 6.51. The zero-order valence-corrected chi connectivity index (χ0v) is 11.9. The van der Waals surface area contributed by atoms with E-state index in [0.29, 0.717) is 0 Å². The lowest BCUT2D eigenvalue weighted by Gasteiger charge is -2.31. The first-order chi connectivity index (χ1) is 9.86. The summed E-state index contributed by atoms with van der Waals surface area (Å²) in [6, 6.07) is 3.63. The van der Waals surface area contributed by atoms with Crippen LogP contribution in [0.2, 0.25) is 0 Å². The molecule has 1 fully saturated rings. The topological polar surface area (TPSA) is 130 Å². The summed E-state index contributed by atoms with van der Waals surface area (Å²) in [7, 11) is -3.99. The molecule has 1 aromatic rings. The summed E-state index contributed by atoms with van der Waals surface area (Å²) < 4.78 is 31.4. The maximum absolute atomic E-state index is 12.6. The number of carboxylic acids is 1. The molecule has 0 aromatic heterocycles. The normalized spacial score (nSPS) is 20.3. The van der Waals surface area contributed by atoms with Crippen LogP contribution in [0.25, 0.3) is 0 Å². The van der Waals surface area contributed by atoms with E-state index in [4.69, 9.17) is 20.7 Å². The van der Waals surface area contributed by atoms with Gasteiger partial charge in [0.25, 0.3) is 0 Å². The van der Waals surface area contributed by atoms with Crippen molar-refractivity contribution in [3.63, 3.8) is 0 Å². The number of benzene rings is 1. The van der Waals surface area contributed by atoms with E-state index < -0.39 is 22.1 Å². The van der Waals surface area contributed by atoms with Crippen LogP contribution >= 0.6 is 0 Å². The molecule has 9 heteroatoms. The Labute approximate surface area is 121 Å². The number of nitrogen functional groups attached to an aromatic ring is 1. The molecule has 0 amide bonds. The van der Waals surface area contributed by atoms with Gasteiger partial charge in [0.1, 0.15) is 0 Å². The number of aliphatic hydroxyl groups is 1. The molecule has 0 radical (unpaired) electrons. The second-order valence-electron chi connectivity index (χ2n) is 4.60. The van der Waals surface area contributed by atoms with Gasteiger partial charge in [-0.05, 0) is 18.2 Å². The minimum absolute atomic E-state index is 0.0255. The van der Waals surface area contributed by atoms with Crippen LogP contribution in [0, 0.1) is 0 Å². The number of carboxylic acid groups (broad SMARTS) is 1. The predicted octanol–water partition coefficient (Wildman–Crippen LogP) is -0.651. The Bertz CT molecular complexity index is 645. The fourth-order valence-electron chi connectivity index (χ4n) is 2.10. The SMILES string of the molecule is Nc1ccc(S(=O)(=O)N2CCOC(CO)C2)c(C(=O)O)c1. The van der Waals surface area contributed by atoms with Crippen molar-refractivity contribution in [1.29, 1.82) is 0 Å². The van der Waals surface area contributed by atoms with Crippen LogP contribution in [-0.2, 0) is 14.8 Å². The molecule has 1 saturated heterocycles. The minimum Gasteiger partial charge on any atom is -0.478 e. The number of morpholine rings is 1. The molecular weight excluding hydrogens is 300 g/mol. The Kier molecular flexibility index (Phi) is 4.47. The third-order valence-corrected chi connectivity index (χ3v) is 5.08. The predicted molar refractivity (Wildman–Crippen MR) is 73.4 cm³/mol. The lowest BCUT2D eigenvalue weighted by atomic mass is 10.2. The van der Waals surface area contributed by atoms with Crippen LogP contribution in [0.15, 0.2) is 23.1 Å². The fraction of sp³-hybridized carbons (Fsp3) is 0.417. The highest BCUT2D eigenvalue weighted by Crippen LogP contribution is 2.24. The van der Waals surface area contributed by atoms with Crippen LogP contribution in [0.1, 0.15) is 10.4 Å². The average molecular weight is 316 g/mol. The lowest BCUT2D eigenvalue weighted by molar-refractivity contribution is -0.0304. The van der Waals surface area contributed by atoms with Crippen molar-refractivity contribution in [1.82, 2.24) is 4.31 Å². The van der Waals surface area contributed by atoms with E-state index in [0.717, 1.165) is 10.4 Å². The Hall–Kier alpha value is -1.68. The van der Waals surface area contributed by atoms with Gasteiger partial charge in [0.15, 0.2) is 0 Å². The van der Waals surface area contributed by atoms with E-state index >= 15 is 0 Å². The van der Waals surface area contributed by atoms with Gasteiger partial charge in [0.05, 0.1) is 29.8 Å². The summed E-state index contributed by atoms with van der Waals surface area (Å²) in [4.78, 5) is 10.9. The monoisotopic (exact) mass is 316 g/mol. The van der Waals surface area contributed by atoms with Crippen LogP contribution in [0.3, 0.4) is 0 Å². The standard InChI is InChI=1S/C12H16N2O6S/c13-8-1-2-11(10(5-8)12(16)17)21(18,19)14-3-4-20-9(6-14)7-15/h1-2,5,9,15H,3-4,6-7,13H2,(H,16,17). The number of nitrogens with two attached hydrogens (primary N) is 1. The lowest BCUT2D eigenvalue weighted by Crippen LogP contribution is -2.47. The number of aliphatic hydroxyl groups excluding tert-OH is 1. The molecule has 1 aliphatic rings. The van der Waals surface area contributed by atoms with Gasteiger partial charge in [-0.1, -0.05) is 0 Å². The largest absolute Gasteiger partial charge is 0.478 e. The molecule has 21 heavy (non-hydrogen) atoms. The summed E-state index contributed by atoms with van der Waals surface area (Å²) in [6.07, 6.45) is -0.615. The summed E-state index contributed by atoms with van der Waals surface area (Å²) >= 11 is 0. The zero-order valence-electron chi connectivity index (χ0n) is 11.1. The Morgan fingerprint density at radius 1 is 1.48 bits per heavy atom. The summed E-state index contributed by atoms with van der Waals surface area (Å²) in [5, 5.41) is 18.2. The molecule has 0 saturated carbocycles. The van der Waals surface area contributed by atoms with Crippen LogP contribution in [0.5, 0.6) is 0 Å². The van der Waals surface area contributed by atoms with E-state index in [1.54, 1.807) is 0 Å². The number of anilines is 1. The number of rotatable bonds is 4. The van der Waals surface area contributed by atoms with Crippen LogP contribution in [0.4, 0.5) is 5.69 Å². The first-order valence-corrected chi connectivity index (χ1v) is 7.65. The van der Waals surface area contributed by atoms with E-state index in [2.05, 4.69) is 0 Å². The summed E-state index contributed by atoms with van der Waals surface area (Å²) in [6.45, 7) is -0.0914. The van der Waals surface area contributed by atoms with Gasteiger partial charge in [0, 0.05) is 18.8 Å². The summed E-state index contributed by atoms with van der Waals surface area (Å²) in [5.41, 5.74) is 5.30. The number of nitrogens with zero attached hydrogens (tertiary/aromatic N) is 1. The average Bonchev–Trinajstić information content (AvgIpc) is 2.46. The molecule has 1 atom stereocenters. The second kappa shape index (κ2) is 5.98. The molecular formula is C12H16N2O6S. The molecule has 0 aliphatic carbocycles. The van der Waals surface area contributed by atoms with E-state index in [1.807, 2.05) is 0 Å². The molecule has 8 nitrogen and oxygen atoms in total. The Morgan fingerprint density at radius 2 is 2.19 bits per heavy atom. The molecule has 2 rings (SSSR count). The quantitative estimate of drug-likeness (QED) is 0.629. The van der Waals surface area contributed by atoms with Gasteiger partial charge < -0.3 is 20.7 Å². The highest BCUT2D eigenvalue weighted by atomic mass is 32.2. The van der Waals surface area contributed by atoms with Crippen molar-refractivity contribution in [2.24, 2.45) is 0 Å². The molecule has 0 bridgehead atoms. The smallest absolute Gasteiger partial charge is 0.337 e. The first-order valence-electron chi connectivity index (χ1n) is 6.21. The van der Waals surface area contributed by atoms with Crippen LogP contribution < -0.4 is 5.73 Å². The third-order valence-electron chi connectivity index (χ3n) is 3.16. The van der Waals surface area contributed by atoms with Crippen molar-refractivity contribution >= 4 is 21.7 Å². The number of hydrogen-bond acceptors (Lipinski definition) is 6. The molecule has 1 aromatic carbocycles. The first kappa shape index (κ1) is 15.7. The highest BCUT2D eigenvalue weighted by molar-refractivity contribution is 7.89. The number of aromatic carboxylic acids is 1. The van der Waals surface area contributed by atoms with E-state index in [-0.39, 0.29) is 42.4 Å². The molecule has 1 unspecified atom stereocenters. The maximum Gasteiger partial charge on any atom is 0.337 e. The van der Waals surface area contributed by atoms with E-state index in [9.17, 15) is 13.2 Å². The molecule has 0 spiro atoms. The Balaban J connectivity index is 2.42. The third kappa shape index (κ3) is 3.16. The Morgan fingerprint density at radius 3 is 2.81 bits per heavy atom. The zero-order chi connectivity index (χ0) is 15.6. The van der Waals surface area contributed by atoms with E-state index in [1.165, 1.54) is 12.1 Å². The van der Waals surface area contributed by atoms with Gasteiger partial charge >= 0.3 is 5.97 Å². The van der Waals surface area contributed by atoms with Gasteiger partial charge in [-0.25, -0.2) is 13.2 Å².